The van der Waals surface area contributed by atoms with E-state index in [1.165, 1.54) is 24.3 Å². The van der Waals surface area contributed by atoms with E-state index >= 15 is 0 Å². The van der Waals surface area contributed by atoms with Crippen LogP contribution in [-0.2, 0) is 62.4 Å². The van der Waals surface area contributed by atoms with E-state index in [4.69, 9.17) is 16.9 Å². The van der Waals surface area contributed by atoms with E-state index in [1.54, 1.807) is 57.4 Å². The Morgan fingerprint density at radius 1 is 0.613 bits per heavy atom. The summed E-state index contributed by atoms with van der Waals surface area (Å²) >= 11 is 0. The van der Waals surface area contributed by atoms with Gasteiger partial charge in [-0.25, -0.2) is 10.2 Å². The second-order valence-electron chi connectivity index (χ2n) is 19.4. The van der Waals surface area contributed by atoms with Crippen molar-refractivity contribution in [2.24, 2.45) is 17.4 Å². The predicted molar refractivity (Wildman–Crippen MR) is 293 cm³/mol. The molecule has 3 aromatic carbocycles. The molecule has 1 aromatic heterocycles. The molecular formula is C53H73N15O12. The van der Waals surface area contributed by atoms with E-state index in [9.17, 15) is 58.2 Å². The fraction of sp³-hybridized carbons (Fsp3) is 0.415. The highest BCUT2D eigenvalue weighted by Gasteiger charge is 2.35. The van der Waals surface area contributed by atoms with Crippen LogP contribution in [-0.4, -0.2) is 142 Å². The van der Waals surface area contributed by atoms with Gasteiger partial charge in [0.1, 0.15) is 48.0 Å². The number of rotatable bonds is 29. The molecule has 0 saturated heterocycles. The number of phenolic OH excluding ortho intramolecular Hbond substituents is 1. The number of carbonyl (C=O) groups is 10. The number of phenols is 1. The van der Waals surface area contributed by atoms with Crippen LogP contribution in [0.3, 0.4) is 0 Å². The number of aromatic nitrogens is 1. The lowest BCUT2D eigenvalue weighted by Gasteiger charge is -2.27. The van der Waals surface area contributed by atoms with E-state index < -0.39 is 114 Å². The number of para-hydroxylation sites is 1. The van der Waals surface area contributed by atoms with Crippen molar-refractivity contribution in [1.82, 2.24) is 63.7 Å². The molecule has 0 fully saturated rings. The number of hydrogen-bond acceptors (Lipinski definition) is 13. The summed E-state index contributed by atoms with van der Waals surface area (Å²) < 4.78 is 0. The number of hydrogen-bond donors (Lipinski definition) is 17. The summed E-state index contributed by atoms with van der Waals surface area (Å²) in [6.45, 7) is 6.06. The first-order valence-corrected chi connectivity index (χ1v) is 25.7. The first-order chi connectivity index (χ1) is 37.9. The van der Waals surface area contributed by atoms with Gasteiger partial charge >= 0.3 is 6.03 Å². The summed E-state index contributed by atoms with van der Waals surface area (Å²) in [5.41, 5.74) is 18.1. The second-order valence-corrected chi connectivity index (χ2v) is 19.4. The lowest BCUT2D eigenvalue weighted by atomic mass is 10.0. The minimum Gasteiger partial charge on any atom is -0.508 e. The number of benzene rings is 3. The predicted octanol–water partition coefficient (Wildman–Crippen LogP) is -2.16. The van der Waals surface area contributed by atoms with Crippen molar-refractivity contribution in [2.45, 2.75) is 121 Å². The largest absolute Gasteiger partial charge is 0.508 e. The number of nitrogens with two attached hydrogens (primary N) is 2. The van der Waals surface area contributed by atoms with Crippen LogP contribution in [0.15, 0.2) is 85.1 Å². The zero-order valence-electron chi connectivity index (χ0n) is 45.1. The molecule has 27 heteroatoms. The highest BCUT2D eigenvalue weighted by molar-refractivity contribution is 5.98. The molecule has 19 N–H and O–H groups in total. The minimum atomic E-state index is -1.83. The van der Waals surface area contributed by atoms with Gasteiger partial charge in [-0.2, -0.15) is 0 Å². The van der Waals surface area contributed by atoms with Crippen LogP contribution < -0.4 is 70.2 Å². The van der Waals surface area contributed by atoms with Crippen molar-refractivity contribution < 1.29 is 58.2 Å². The molecule has 1 unspecified atom stereocenters. The molecule has 0 saturated carbocycles. The Morgan fingerprint density at radius 3 is 1.79 bits per heavy atom. The number of carbonyl (C=O) groups excluding carboxylic acids is 10. The van der Waals surface area contributed by atoms with E-state index in [0.717, 1.165) is 24.8 Å². The van der Waals surface area contributed by atoms with Crippen LogP contribution in [0.5, 0.6) is 5.75 Å². The molecule has 80 heavy (non-hydrogen) atoms. The van der Waals surface area contributed by atoms with Gasteiger partial charge in [0.15, 0.2) is 5.96 Å². The SMILES string of the molecule is CNC(=N)NCCC[C@H](NC(=O)[C@H](CC(C)C)NC(=O)NNC(=O)[C@H](Cc1ccccc1)NC(=O)C(NC(=O)[C@H](CC(N)=O)NC(=O)[C@@H](Cc1ccc(O)cc1)NC(C)=O)[C@@H](C)O)C(=O)N[C@@H](Cc1c[nH]c2ccccc12)C(N)=O. The quantitative estimate of drug-likeness (QED) is 0.0119. The number of fused-ring (bicyclic) bond motifs is 1. The number of aromatic hydroxyl groups is 1. The first-order valence-electron chi connectivity index (χ1n) is 25.7. The lowest BCUT2D eigenvalue weighted by Crippen LogP contribution is -2.62. The number of guanidine groups is 1. The monoisotopic (exact) mass is 1110 g/mol. The number of nitrogens with one attached hydrogen (secondary N) is 13. The molecule has 0 aliphatic carbocycles. The molecule has 11 amide bonds. The van der Waals surface area contributed by atoms with Gasteiger partial charge in [0.05, 0.1) is 12.5 Å². The van der Waals surface area contributed by atoms with Crippen molar-refractivity contribution in [1.29, 1.82) is 5.41 Å². The van der Waals surface area contributed by atoms with Crippen LogP contribution >= 0.6 is 0 Å². The highest BCUT2D eigenvalue weighted by atomic mass is 16.3. The molecule has 0 aliphatic rings. The maximum absolute atomic E-state index is 14.1. The van der Waals surface area contributed by atoms with Gasteiger partial charge in [-0.15, -0.1) is 0 Å². The number of aromatic amines is 1. The van der Waals surface area contributed by atoms with Crippen molar-refractivity contribution in [3.05, 3.63) is 102 Å². The summed E-state index contributed by atoms with van der Waals surface area (Å²) in [6.07, 6.45) is -0.733. The summed E-state index contributed by atoms with van der Waals surface area (Å²) in [4.78, 5) is 137. The van der Waals surface area contributed by atoms with Gasteiger partial charge in [-0.3, -0.25) is 54.0 Å². The van der Waals surface area contributed by atoms with Crippen molar-refractivity contribution in [3.63, 3.8) is 0 Å². The van der Waals surface area contributed by atoms with E-state index in [0.29, 0.717) is 16.7 Å². The second kappa shape index (κ2) is 31.2. The topological polar surface area (TPSA) is 435 Å². The Balaban J connectivity index is 1.48. The number of hydrazine groups is 1. The molecule has 432 valence electrons. The molecule has 4 aromatic rings. The molecule has 1 heterocycles. The summed E-state index contributed by atoms with van der Waals surface area (Å²) in [7, 11) is 1.54. The Kier molecular flexibility index (Phi) is 24.7. The number of urea groups is 1. The standard InChI is InChI=1S/C53H73N15O12/c1-28(2)22-39(47(75)61-37(16-11-21-58-52(56)57-5)46(74)62-38(45(55)73)25-33-27-59-36-15-10-9-14-35(33)36)65-53(80)68-67-50(78)41(23-31-12-7-6-8-13-31)64-51(79)44(29(3)69)66-49(77)42(26-43(54)72)63-48(76)40(60-30(4)70)24-32-17-19-34(71)20-18-32/h6-10,12-15,17-20,27-29,37-42,44,59,69,71H,11,16,21-26H2,1-5H3,(H2,54,72)(H2,55,73)(H,60,70)(H,61,75)(H,62,74)(H,63,76)(H,64,79)(H,66,77)(H,67,78)(H3,56,57,58)(H2,65,68,80)/t29-,37+,38+,39+,40-,41+,42+,44?/m1/s1. The third-order valence-electron chi connectivity index (χ3n) is 12.3. The third-order valence-corrected chi connectivity index (χ3v) is 12.3. The van der Waals surface area contributed by atoms with Crippen molar-refractivity contribution in [2.75, 3.05) is 13.6 Å². The van der Waals surface area contributed by atoms with Crippen molar-refractivity contribution >= 4 is 76.1 Å². The number of amides is 11. The molecule has 0 bridgehead atoms. The summed E-state index contributed by atoms with van der Waals surface area (Å²) in [5.74, 6) is -8.50. The average Bonchev–Trinajstić information content (AvgIpc) is 3.83. The maximum atomic E-state index is 14.1. The van der Waals surface area contributed by atoms with Crippen LogP contribution in [0, 0.1) is 11.3 Å². The number of aliphatic hydroxyl groups is 1. The van der Waals surface area contributed by atoms with Crippen molar-refractivity contribution in [3.8, 4) is 5.75 Å². The van der Waals surface area contributed by atoms with Gasteiger partial charge in [0.25, 0.3) is 5.91 Å². The van der Waals surface area contributed by atoms with Gasteiger partial charge in [-0.05, 0) is 67.0 Å². The van der Waals surface area contributed by atoms with Gasteiger partial charge in [-0.1, -0.05) is 74.5 Å². The molecule has 0 spiro atoms. The molecular weight excluding hydrogens is 1040 g/mol. The third kappa shape index (κ3) is 20.9. The molecule has 0 aliphatic heterocycles. The Labute approximate surface area is 461 Å². The van der Waals surface area contributed by atoms with Gasteiger partial charge in [0.2, 0.25) is 47.3 Å². The minimum absolute atomic E-state index is 0.0127. The lowest BCUT2D eigenvalue weighted by molar-refractivity contribution is -0.137. The summed E-state index contributed by atoms with van der Waals surface area (Å²) in [6, 6.07) is 10.1. The first kappa shape index (κ1) is 63.3. The number of aliphatic hydroxyl groups excluding tert-OH is 1. The van der Waals surface area contributed by atoms with Crippen LogP contribution in [0.4, 0.5) is 4.79 Å². The fourth-order valence-corrected chi connectivity index (χ4v) is 8.25. The fourth-order valence-electron chi connectivity index (χ4n) is 8.25. The normalized spacial score (nSPS) is 13.9. The van der Waals surface area contributed by atoms with Gasteiger partial charge < -0.3 is 74.5 Å². The van der Waals surface area contributed by atoms with Crippen LogP contribution in [0.1, 0.15) is 70.1 Å². The smallest absolute Gasteiger partial charge is 0.334 e. The van der Waals surface area contributed by atoms with E-state index in [2.05, 4.69) is 63.7 Å². The number of primary amides is 2. The molecule has 8 atom stereocenters. The Bertz CT molecular complexity index is 2810. The Morgan fingerprint density at radius 2 is 1.18 bits per heavy atom. The zero-order chi connectivity index (χ0) is 59.1. The zero-order valence-corrected chi connectivity index (χ0v) is 45.1. The van der Waals surface area contributed by atoms with Gasteiger partial charge in [0, 0.05) is 56.9 Å². The van der Waals surface area contributed by atoms with Crippen LogP contribution in [0.2, 0.25) is 0 Å². The molecule has 4 rings (SSSR count). The van der Waals surface area contributed by atoms with E-state index in [1.807, 2.05) is 24.3 Å². The molecule has 27 nitrogen and oxygen atoms in total. The summed E-state index contributed by atoms with van der Waals surface area (Å²) in [5, 5.41) is 52.0. The van der Waals surface area contributed by atoms with E-state index in [-0.39, 0.29) is 62.7 Å². The van der Waals surface area contributed by atoms with Crippen LogP contribution in [0.25, 0.3) is 10.9 Å². The average molecular weight is 1110 g/mol. The highest BCUT2D eigenvalue weighted by Crippen LogP contribution is 2.20. The maximum Gasteiger partial charge on any atom is 0.334 e. The molecule has 0 radical (unpaired) electrons. The number of H-pyrrole nitrogens is 1. The Hall–Kier alpha value is -9.27.